The number of aromatic nitrogens is 1. The molecule has 2 unspecified atom stereocenters. The van der Waals surface area contributed by atoms with Crippen molar-refractivity contribution in [3.63, 3.8) is 0 Å². The van der Waals surface area contributed by atoms with Gasteiger partial charge in [-0.2, -0.15) is 0 Å². The van der Waals surface area contributed by atoms with Gasteiger partial charge in [0.25, 0.3) is 0 Å². The third-order valence-corrected chi connectivity index (χ3v) is 6.40. The Balaban J connectivity index is 1.77. The minimum absolute atomic E-state index is 0.0990. The molecule has 2 atom stereocenters. The van der Waals surface area contributed by atoms with Gasteiger partial charge < -0.3 is 5.11 Å². The van der Waals surface area contributed by atoms with Gasteiger partial charge in [-0.1, -0.05) is 35.3 Å². The number of aliphatic hydroxyl groups excluding tert-OH is 1. The number of nitrogens with one attached hydrogen (secondary N) is 1. The number of halogens is 2. The van der Waals surface area contributed by atoms with Gasteiger partial charge in [-0.15, -0.1) is 0 Å². The molecule has 8 heteroatoms. The summed E-state index contributed by atoms with van der Waals surface area (Å²) < 4.78 is 27.7. The Morgan fingerprint density at radius 1 is 1.20 bits per heavy atom. The summed E-state index contributed by atoms with van der Waals surface area (Å²) in [7, 11) is -3.60. The first-order valence-electron chi connectivity index (χ1n) is 7.93. The van der Waals surface area contributed by atoms with E-state index in [2.05, 4.69) is 9.71 Å². The van der Waals surface area contributed by atoms with Gasteiger partial charge in [0, 0.05) is 24.4 Å². The molecule has 1 heterocycles. The number of hydrogen-bond acceptors (Lipinski definition) is 4. The van der Waals surface area contributed by atoms with Crippen LogP contribution in [0.4, 0.5) is 0 Å². The zero-order chi connectivity index (χ0) is 18.0. The molecule has 1 aromatic carbocycles. The van der Waals surface area contributed by atoms with E-state index in [1.165, 1.54) is 18.3 Å². The van der Waals surface area contributed by atoms with Crippen molar-refractivity contribution < 1.29 is 13.5 Å². The second-order valence-electron chi connectivity index (χ2n) is 6.19. The molecule has 0 aliphatic heterocycles. The molecule has 25 heavy (non-hydrogen) atoms. The summed E-state index contributed by atoms with van der Waals surface area (Å²) >= 11 is 12.0. The van der Waals surface area contributed by atoms with Crippen molar-refractivity contribution in [1.29, 1.82) is 0 Å². The van der Waals surface area contributed by atoms with Crippen LogP contribution in [0.1, 0.15) is 19.3 Å². The normalized spacial score (nSPS) is 20.8. The molecule has 1 aliphatic rings. The number of nitrogens with zero attached hydrogens (tertiary/aromatic N) is 1. The molecule has 3 rings (SSSR count). The maximum Gasteiger partial charge on any atom is 0.240 e. The summed E-state index contributed by atoms with van der Waals surface area (Å²) in [5, 5.41) is 10.0. The maximum atomic E-state index is 12.5. The van der Waals surface area contributed by atoms with Gasteiger partial charge in [0.15, 0.2) is 0 Å². The first-order valence-corrected chi connectivity index (χ1v) is 10.2. The Labute approximate surface area is 157 Å². The highest BCUT2D eigenvalue weighted by molar-refractivity contribution is 7.89. The van der Waals surface area contributed by atoms with Crippen LogP contribution in [0.3, 0.4) is 0 Å². The molecule has 0 saturated heterocycles. The third kappa shape index (κ3) is 4.33. The molecule has 0 bridgehead atoms. The van der Waals surface area contributed by atoms with Gasteiger partial charge >= 0.3 is 0 Å². The Morgan fingerprint density at radius 2 is 1.92 bits per heavy atom. The van der Waals surface area contributed by atoms with Gasteiger partial charge in [-0.25, -0.2) is 13.1 Å². The smallest absolute Gasteiger partial charge is 0.240 e. The standard InChI is InChI=1S/C17H18Cl2N2O3S/c18-13-8-16(19)17(20-9-13)12-2-5-15(6-3-12)25(23,24)21-14-4-1-11(7-14)10-22/h2-3,5-6,8-9,11,14,21-22H,1,4,7,10H2. The molecular weight excluding hydrogens is 383 g/mol. The fourth-order valence-corrected chi connectivity index (χ4v) is 4.83. The van der Waals surface area contributed by atoms with E-state index in [0.29, 0.717) is 27.7 Å². The van der Waals surface area contributed by atoms with E-state index in [1.54, 1.807) is 18.2 Å². The largest absolute Gasteiger partial charge is 0.396 e. The van der Waals surface area contributed by atoms with Crippen molar-refractivity contribution in [3.05, 3.63) is 46.6 Å². The van der Waals surface area contributed by atoms with Crippen LogP contribution >= 0.6 is 23.2 Å². The molecule has 5 nitrogen and oxygen atoms in total. The van der Waals surface area contributed by atoms with Crippen LogP contribution < -0.4 is 4.72 Å². The van der Waals surface area contributed by atoms with Crippen LogP contribution in [0.5, 0.6) is 0 Å². The maximum absolute atomic E-state index is 12.5. The fourth-order valence-electron chi connectivity index (χ4n) is 3.05. The topological polar surface area (TPSA) is 79.3 Å². The predicted molar refractivity (Wildman–Crippen MR) is 98.2 cm³/mol. The summed E-state index contributed by atoms with van der Waals surface area (Å²) in [6.07, 6.45) is 3.74. The molecule has 134 valence electrons. The van der Waals surface area contributed by atoms with Crippen molar-refractivity contribution in [2.24, 2.45) is 5.92 Å². The Hall–Kier alpha value is -1.18. The zero-order valence-electron chi connectivity index (χ0n) is 13.3. The molecule has 0 radical (unpaired) electrons. The van der Waals surface area contributed by atoms with Crippen LogP contribution in [0.2, 0.25) is 10.0 Å². The minimum Gasteiger partial charge on any atom is -0.396 e. The highest BCUT2D eigenvalue weighted by Crippen LogP contribution is 2.29. The lowest BCUT2D eigenvalue weighted by atomic mass is 10.1. The van der Waals surface area contributed by atoms with Crippen molar-refractivity contribution in [2.75, 3.05) is 6.61 Å². The summed E-state index contributed by atoms with van der Waals surface area (Å²) in [5.41, 5.74) is 1.26. The second-order valence-corrected chi connectivity index (χ2v) is 8.75. The van der Waals surface area contributed by atoms with Crippen LogP contribution in [0, 0.1) is 5.92 Å². The van der Waals surface area contributed by atoms with E-state index >= 15 is 0 Å². The Morgan fingerprint density at radius 3 is 2.52 bits per heavy atom. The summed E-state index contributed by atoms with van der Waals surface area (Å²) in [6.45, 7) is 0.0990. The molecular formula is C17H18Cl2N2O3S. The lowest BCUT2D eigenvalue weighted by Gasteiger charge is -2.13. The van der Waals surface area contributed by atoms with Gasteiger partial charge in [0.2, 0.25) is 10.0 Å². The Bertz CT molecular complexity index is 857. The fraction of sp³-hybridized carbons (Fsp3) is 0.353. The monoisotopic (exact) mass is 400 g/mol. The minimum atomic E-state index is -3.60. The molecule has 0 spiro atoms. The van der Waals surface area contributed by atoms with E-state index in [9.17, 15) is 13.5 Å². The van der Waals surface area contributed by atoms with Crippen LogP contribution in [-0.4, -0.2) is 31.2 Å². The lowest BCUT2D eigenvalue weighted by Crippen LogP contribution is -2.33. The van der Waals surface area contributed by atoms with Crippen LogP contribution in [-0.2, 0) is 10.0 Å². The van der Waals surface area contributed by atoms with Gasteiger partial charge in [0.05, 0.1) is 20.6 Å². The first-order chi connectivity index (χ1) is 11.9. The number of rotatable bonds is 5. The van der Waals surface area contributed by atoms with Crippen molar-refractivity contribution in [1.82, 2.24) is 9.71 Å². The summed E-state index contributed by atoms with van der Waals surface area (Å²) in [6, 6.07) is 7.86. The molecule has 1 aromatic heterocycles. The third-order valence-electron chi connectivity index (χ3n) is 4.37. The van der Waals surface area contributed by atoms with Crippen LogP contribution in [0.25, 0.3) is 11.3 Å². The second kappa shape index (κ2) is 7.60. The predicted octanol–water partition coefficient (Wildman–Crippen LogP) is 3.49. The van der Waals surface area contributed by atoms with E-state index < -0.39 is 10.0 Å². The molecule has 2 aromatic rings. The van der Waals surface area contributed by atoms with E-state index in [1.807, 2.05) is 0 Å². The van der Waals surface area contributed by atoms with Gasteiger partial charge in [-0.05, 0) is 43.4 Å². The molecule has 1 aliphatic carbocycles. The number of benzene rings is 1. The summed E-state index contributed by atoms with van der Waals surface area (Å²) in [4.78, 5) is 4.38. The van der Waals surface area contributed by atoms with E-state index in [-0.39, 0.29) is 23.5 Å². The molecule has 1 saturated carbocycles. The SMILES string of the molecule is O=S(=O)(NC1CCC(CO)C1)c1ccc(-c2ncc(Cl)cc2Cl)cc1. The van der Waals surface area contributed by atoms with Crippen molar-refractivity contribution >= 4 is 33.2 Å². The number of hydrogen-bond donors (Lipinski definition) is 2. The van der Waals surface area contributed by atoms with E-state index in [0.717, 1.165) is 12.8 Å². The average molecular weight is 401 g/mol. The van der Waals surface area contributed by atoms with Crippen molar-refractivity contribution in [2.45, 2.75) is 30.2 Å². The Kier molecular flexibility index (Phi) is 5.65. The highest BCUT2D eigenvalue weighted by atomic mass is 35.5. The van der Waals surface area contributed by atoms with Gasteiger partial charge in [-0.3, -0.25) is 4.98 Å². The number of sulfonamides is 1. The first kappa shape index (κ1) is 18.6. The average Bonchev–Trinajstić information content (AvgIpc) is 3.02. The quantitative estimate of drug-likeness (QED) is 0.804. The zero-order valence-corrected chi connectivity index (χ0v) is 15.7. The number of pyridine rings is 1. The van der Waals surface area contributed by atoms with E-state index in [4.69, 9.17) is 23.2 Å². The molecule has 1 fully saturated rings. The lowest BCUT2D eigenvalue weighted by molar-refractivity contribution is 0.228. The molecule has 2 N–H and O–H groups in total. The highest BCUT2D eigenvalue weighted by Gasteiger charge is 2.28. The molecule has 0 amide bonds. The van der Waals surface area contributed by atoms with Crippen molar-refractivity contribution in [3.8, 4) is 11.3 Å². The number of aliphatic hydroxyl groups is 1. The van der Waals surface area contributed by atoms with Crippen LogP contribution in [0.15, 0.2) is 41.4 Å². The van der Waals surface area contributed by atoms with Gasteiger partial charge in [0.1, 0.15) is 0 Å². The summed E-state index contributed by atoms with van der Waals surface area (Å²) in [5.74, 6) is 0.174.